The molecule has 0 saturated heterocycles. The van der Waals surface area contributed by atoms with Crippen LogP contribution in [-0.2, 0) is 11.3 Å². The number of nitrogens with zero attached hydrogens (tertiary/aromatic N) is 2. The Hall–Kier alpha value is -1.49. The first kappa shape index (κ1) is 7.17. The molecule has 1 amide bonds. The van der Waals surface area contributed by atoms with Gasteiger partial charge in [0.25, 0.3) is 0 Å². The number of hydrogen-bond donors (Lipinski definition) is 2. The van der Waals surface area contributed by atoms with E-state index in [1.807, 2.05) is 0 Å². The number of nitrogens with one attached hydrogen (secondary N) is 2. The number of aromatic nitrogens is 2. The van der Waals surface area contributed by atoms with Crippen molar-refractivity contribution in [1.82, 2.24) is 15.3 Å². The number of carbonyl (C=O) groups is 1. The van der Waals surface area contributed by atoms with Gasteiger partial charge < -0.3 is 10.6 Å². The zero-order valence-corrected chi connectivity index (χ0v) is 6.37. The van der Waals surface area contributed by atoms with Crippen molar-refractivity contribution in [2.75, 3.05) is 11.9 Å². The van der Waals surface area contributed by atoms with Crippen LogP contribution in [0.15, 0.2) is 12.4 Å². The molecule has 1 aliphatic rings. The molecule has 0 bridgehead atoms. The summed E-state index contributed by atoms with van der Waals surface area (Å²) in [6, 6.07) is 0. The highest BCUT2D eigenvalue weighted by Gasteiger charge is 2.12. The lowest BCUT2D eigenvalue weighted by Crippen LogP contribution is -2.23. The van der Waals surface area contributed by atoms with Crippen LogP contribution in [0.3, 0.4) is 0 Å². The van der Waals surface area contributed by atoms with Gasteiger partial charge in [-0.05, 0) is 0 Å². The summed E-state index contributed by atoms with van der Waals surface area (Å²) in [6.45, 7) is 0.903. The Labute approximate surface area is 69.2 Å². The Kier molecular flexibility index (Phi) is 1.71. The quantitative estimate of drug-likeness (QED) is 0.543. The predicted molar refractivity (Wildman–Crippen MR) is 42.4 cm³/mol. The molecule has 0 spiro atoms. The van der Waals surface area contributed by atoms with Crippen LogP contribution in [0.4, 0.5) is 5.82 Å². The molecule has 12 heavy (non-hydrogen) atoms. The van der Waals surface area contributed by atoms with Crippen LogP contribution in [0.5, 0.6) is 0 Å². The predicted octanol–water partition coefficient (Wildman–Crippen LogP) is -0.482. The maximum atomic E-state index is 11.0. The second-order valence-electron chi connectivity index (χ2n) is 2.50. The molecule has 2 heterocycles. The van der Waals surface area contributed by atoms with Gasteiger partial charge >= 0.3 is 0 Å². The minimum absolute atomic E-state index is 0.0748. The summed E-state index contributed by atoms with van der Waals surface area (Å²) in [5.74, 6) is 0.488. The summed E-state index contributed by atoms with van der Waals surface area (Å²) in [6.07, 6.45) is 3.17. The van der Waals surface area contributed by atoms with Gasteiger partial charge in [-0.25, -0.2) is 4.98 Å². The Bertz CT molecular complexity index is 312. The zero-order valence-electron chi connectivity index (χ0n) is 6.37. The van der Waals surface area contributed by atoms with Crippen LogP contribution >= 0.6 is 0 Å². The minimum atomic E-state index is -0.0748. The summed E-state index contributed by atoms with van der Waals surface area (Å²) in [5, 5.41) is 5.59. The van der Waals surface area contributed by atoms with E-state index in [9.17, 15) is 4.79 Å². The number of hydrogen-bond acceptors (Lipinski definition) is 4. The summed E-state index contributed by atoms with van der Waals surface area (Å²) in [4.78, 5) is 19.1. The second-order valence-corrected chi connectivity index (χ2v) is 2.50. The Morgan fingerprint density at radius 1 is 1.25 bits per heavy atom. The third-order valence-corrected chi connectivity index (χ3v) is 1.61. The molecule has 5 nitrogen and oxygen atoms in total. The third-order valence-electron chi connectivity index (χ3n) is 1.61. The fraction of sp³-hybridized carbons (Fsp3) is 0.286. The van der Waals surface area contributed by atoms with Crippen LogP contribution in [0.1, 0.15) is 5.69 Å². The number of fused-ring (bicyclic) bond motifs is 1. The van der Waals surface area contributed by atoms with Gasteiger partial charge in [0.15, 0.2) is 5.82 Å². The molecule has 0 fully saturated rings. The zero-order chi connectivity index (χ0) is 8.39. The van der Waals surface area contributed by atoms with E-state index < -0.39 is 0 Å². The second kappa shape index (κ2) is 2.86. The van der Waals surface area contributed by atoms with Crippen molar-refractivity contribution in [2.24, 2.45) is 0 Å². The van der Waals surface area contributed by atoms with E-state index in [0.29, 0.717) is 18.9 Å². The van der Waals surface area contributed by atoms with E-state index in [2.05, 4.69) is 20.6 Å². The van der Waals surface area contributed by atoms with Crippen molar-refractivity contribution in [3.05, 3.63) is 18.1 Å². The molecule has 2 N–H and O–H groups in total. The summed E-state index contributed by atoms with van der Waals surface area (Å²) in [7, 11) is 0. The number of anilines is 1. The molecular formula is C7H8N4O. The van der Waals surface area contributed by atoms with Crippen LogP contribution in [0.25, 0.3) is 0 Å². The summed E-state index contributed by atoms with van der Waals surface area (Å²) in [5.41, 5.74) is 0.781. The first-order chi connectivity index (χ1) is 5.86. The highest BCUT2D eigenvalue weighted by atomic mass is 16.2. The third kappa shape index (κ3) is 1.26. The molecule has 62 valence electrons. The molecule has 0 aliphatic carbocycles. The number of amides is 1. The fourth-order valence-electron chi connectivity index (χ4n) is 1.07. The van der Waals surface area contributed by atoms with E-state index >= 15 is 0 Å². The monoisotopic (exact) mass is 164 g/mol. The van der Waals surface area contributed by atoms with Gasteiger partial charge in [0.1, 0.15) is 0 Å². The van der Waals surface area contributed by atoms with Crippen LogP contribution in [0, 0.1) is 0 Å². The SMILES string of the molecule is O=C1CNCc2nccnc2N1. The van der Waals surface area contributed by atoms with E-state index in [0.717, 1.165) is 5.69 Å². The molecule has 1 aromatic heterocycles. The smallest absolute Gasteiger partial charge is 0.239 e. The summed E-state index contributed by atoms with van der Waals surface area (Å²) >= 11 is 0. The van der Waals surface area contributed by atoms with Crippen molar-refractivity contribution in [3.63, 3.8) is 0 Å². The fourth-order valence-corrected chi connectivity index (χ4v) is 1.07. The number of carbonyl (C=O) groups excluding carboxylic acids is 1. The highest BCUT2D eigenvalue weighted by molar-refractivity contribution is 5.92. The molecule has 1 aromatic rings. The van der Waals surface area contributed by atoms with Gasteiger partial charge in [0, 0.05) is 18.9 Å². The largest absolute Gasteiger partial charge is 0.308 e. The van der Waals surface area contributed by atoms with Crippen molar-refractivity contribution in [1.29, 1.82) is 0 Å². The summed E-state index contributed by atoms with van der Waals surface area (Å²) < 4.78 is 0. The molecule has 0 saturated carbocycles. The molecule has 0 atom stereocenters. The molecule has 1 aliphatic heterocycles. The lowest BCUT2D eigenvalue weighted by Gasteiger charge is -2.00. The minimum Gasteiger partial charge on any atom is -0.308 e. The van der Waals surface area contributed by atoms with Gasteiger partial charge in [0.05, 0.1) is 12.2 Å². The molecule has 0 unspecified atom stereocenters. The maximum Gasteiger partial charge on any atom is 0.239 e. The Morgan fingerprint density at radius 3 is 3.00 bits per heavy atom. The van der Waals surface area contributed by atoms with Gasteiger partial charge in [-0.3, -0.25) is 9.78 Å². The van der Waals surface area contributed by atoms with Crippen molar-refractivity contribution >= 4 is 11.7 Å². The molecule has 0 radical (unpaired) electrons. The maximum absolute atomic E-state index is 11.0. The average molecular weight is 164 g/mol. The van der Waals surface area contributed by atoms with Crippen molar-refractivity contribution in [3.8, 4) is 0 Å². The molecule has 0 aromatic carbocycles. The van der Waals surface area contributed by atoms with Crippen molar-refractivity contribution < 1.29 is 4.79 Å². The van der Waals surface area contributed by atoms with Gasteiger partial charge in [-0.15, -0.1) is 0 Å². The Balaban J connectivity index is 2.37. The standard InChI is InChI=1S/C7H8N4O/c12-6-4-8-3-5-7(11-6)10-2-1-9-5/h1-2,8H,3-4H2,(H,10,11,12). The molecule has 2 rings (SSSR count). The van der Waals surface area contributed by atoms with E-state index in [1.165, 1.54) is 0 Å². The van der Waals surface area contributed by atoms with E-state index in [-0.39, 0.29) is 5.91 Å². The van der Waals surface area contributed by atoms with Gasteiger partial charge in [0.2, 0.25) is 5.91 Å². The van der Waals surface area contributed by atoms with Crippen LogP contribution in [-0.4, -0.2) is 22.4 Å². The van der Waals surface area contributed by atoms with Gasteiger partial charge in [-0.1, -0.05) is 0 Å². The van der Waals surface area contributed by atoms with Crippen LogP contribution < -0.4 is 10.6 Å². The average Bonchev–Trinajstić information content (AvgIpc) is 2.25. The Morgan fingerprint density at radius 2 is 2.08 bits per heavy atom. The molecule has 5 heteroatoms. The lowest BCUT2D eigenvalue weighted by atomic mass is 10.4. The topological polar surface area (TPSA) is 66.9 Å². The molecular weight excluding hydrogens is 156 g/mol. The van der Waals surface area contributed by atoms with E-state index in [4.69, 9.17) is 0 Å². The van der Waals surface area contributed by atoms with Gasteiger partial charge in [-0.2, -0.15) is 0 Å². The van der Waals surface area contributed by atoms with Crippen LogP contribution in [0.2, 0.25) is 0 Å². The van der Waals surface area contributed by atoms with E-state index in [1.54, 1.807) is 12.4 Å². The number of rotatable bonds is 0. The van der Waals surface area contributed by atoms with Crippen molar-refractivity contribution in [2.45, 2.75) is 6.54 Å². The normalized spacial score (nSPS) is 16.2. The first-order valence-corrected chi connectivity index (χ1v) is 3.67. The first-order valence-electron chi connectivity index (χ1n) is 3.67. The lowest BCUT2D eigenvalue weighted by molar-refractivity contribution is -0.115. The highest BCUT2D eigenvalue weighted by Crippen LogP contribution is 2.09.